The molecule has 10 nitrogen and oxygen atoms in total. The molecule has 1 aliphatic heterocycles. The van der Waals surface area contributed by atoms with Crippen LogP contribution in [0.3, 0.4) is 0 Å². The lowest BCUT2D eigenvalue weighted by molar-refractivity contribution is -0.385. The maximum atomic E-state index is 11.7. The molecule has 2 aromatic rings. The highest BCUT2D eigenvalue weighted by Crippen LogP contribution is 2.34. The number of carboxylic acids is 1. The molecule has 1 saturated heterocycles. The number of ether oxygens (including phenoxy) is 1. The SMILES string of the molecule is NC(Cc1ccc(Oc2ccc(CC3SC(=O)NC3=O)cc2[N+](=O)[O-])cc1)C(=O)O. The van der Waals surface area contributed by atoms with Gasteiger partial charge in [0.2, 0.25) is 11.7 Å². The molecule has 0 aliphatic carbocycles. The predicted molar refractivity (Wildman–Crippen MR) is 108 cm³/mol. The Bertz CT molecular complexity index is 1010. The smallest absolute Gasteiger partial charge is 0.320 e. The lowest BCUT2D eigenvalue weighted by Gasteiger charge is -2.10. The van der Waals surface area contributed by atoms with Gasteiger partial charge >= 0.3 is 11.7 Å². The number of nitro benzene ring substituents is 1. The van der Waals surface area contributed by atoms with Gasteiger partial charge < -0.3 is 15.6 Å². The molecule has 2 atom stereocenters. The van der Waals surface area contributed by atoms with Gasteiger partial charge in [-0.1, -0.05) is 30.0 Å². The molecule has 156 valence electrons. The van der Waals surface area contributed by atoms with Gasteiger partial charge in [0.25, 0.3) is 5.24 Å². The number of nitrogens with zero attached hydrogens (tertiary/aromatic N) is 1. The second kappa shape index (κ2) is 8.93. The van der Waals surface area contributed by atoms with Crippen molar-refractivity contribution in [3.8, 4) is 11.5 Å². The van der Waals surface area contributed by atoms with Crippen LogP contribution in [-0.4, -0.2) is 38.4 Å². The molecule has 1 heterocycles. The molecule has 0 spiro atoms. The summed E-state index contributed by atoms with van der Waals surface area (Å²) >= 11 is 0.850. The Morgan fingerprint density at radius 1 is 1.23 bits per heavy atom. The van der Waals surface area contributed by atoms with Crippen LogP contribution in [0.25, 0.3) is 0 Å². The van der Waals surface area contributed by atoms with Gasteiger partial charge in [0.15, 0.2) is 0 Å². The Hall–Kier alpha value is -3.44. The number of rotatable bonds is 8. The Balaban J connectivity index is 1.74. The van der Waals surface area contributed by atoms with Crippen molar-refractivity contribution in [1.29, 1.82) is 0 Å². The second-order valence-corrected chi connectivity index (χ2v) is 7.72. The second-order valence-electron chi connectivity index (χ2n) is 6.54. The number of aliphatic carboxylic acids is 1. The summed E-state index contributed by atoms with van der Waals surface area (Å²) in [5.74, 6) is -1.19. The summed E-state index contributed by atoms with van der Waals surface area (Å²) in [6.07, 6.45) is 0.307. The Morgan fingerprint density at radius 3 is 2.47 bits per heavy atom. The van der Waals surface area contributed by atoms with E-state index in [9.17, 15) is 24.5 Å². The van der Waals surface area contributed by atoms with Gasteiger partial charge in [-0.2, -0.15) is 0 Å². The van der Waals surface area contributed by atoms with E-state index >= 15 is 0 Å². The molecule has 0 aromatic heterocycles. The highest BCUT2D eigenvalue weighted by Gasteiger charge is 2.32. The summed E-state index contributed by atoms with van der Waals surface area (Å²) in [4.78, 5) is 44.7. The topological polar surface area (TPSA) is 162 Å². The van der Waals surface area contributed by atoms with Gasteiger partial charge in [0, 0.05) is 6.07 Å². The number of nitrogens with two attached hydrogens (primary N) is 1. The fraction of sp³-hybridized carbons (Fsp3) is 0.211. The van der Waals surface area contributed by atoms with Crippen molar-refractivity contribution < 1.29 is 29.2 Å². The summed E-state index contributed by atoms with van der Waals surface area (Å²) in [5.41, 5.74) is 6.43. The number of imide groups is 1. The van der Waals surface area contributed by atoms with Crippen LogP contribution in [0.2, 0.25) is 0 Å². The molecule has 2 amide bonds. The highest BCUT2D eigenvalue weighted by atomic mass is 32.2. The maximum Gasteiger partial charge on any atom is 0.320 e. The monoisotopic (exact) mass is 431 g/mol. The minimum absolute atomic E-state index is 0.0124. The zero-order valence-corrected chi connectivity index (χ0v) is 16.3. The third kappa shape index (κ3) is 5.13. The van der Waals surface area contributed by atoms with Gasteiger partial charge in [-0.3, -0.25) is 29.8 Å². The molecule has 2 unspecified atom stereocenters. The zero-order valence-electron chi connectivity index (χ0n) is 15.4. The number of hydrogen-bond donors (Lipinski definition) is 3. The molecular weight excluding hydrogens is 414 g/mol. The number of nitro groups is 1. The van der Waals surface area contributed by atoms with E-state index in [2.05, 4.69) is 5.32 Å². The summed E-state index contributed by atoms with van der Waals surface area (Å²) < 4.78 is 5.61. The first-order chi connectivity index (χ1) is 14.2. The van der Waals surface area contributed by atoms with E-state index in [0.29, 0.717) is 16.9 Å². The molecule has 1 aliphatic rings. The molecule has 0 bridgehead atoms. The van der Waals surface area contributed by atoms with E-state index in [1.165, 1.54) is 12.1 Å². The highest BCUT2D eigenvalue weighted by molar-refractivity contribution is 8.15. The number of thioether (sulfide) groups is 1. The van der Waals surface area contributed by atoms with Crippen LogP contribution < -0.4 is 15.8 Å². The number of amides is 2. The Morgan fingerprint density at radius 2 is 1.90 bits per heavy atom. The van der Waals surface area contributed by atoms with Crippen LogP contribution in [-0.2, 0) is 22.4 Å². The van der Waals surface area contributed by atoms with Crippen molar-refractivity contribution >= 4 is 34.6 Å². The van der Waals surface area contributed by atoms with Crippen molar-refractivity contribution in [2.45, 2.75) is 24.1 Å². The van der Waals surface area contributed by atoms with Crippen molar-refractivity contribution in [2.75, 3.05) is 0 Å². The van der Waals surface area contributed by atoms with Crippen LogP contribution in [0.1, 0.15) is 11.1 Å². The van der Waals surface area contributed by atoms with E-state index in [1.54, 1.807) is 30.3 Å². The van der Waals surface area contributed by atoms with Crippen LogP contribution in [0.5, 0.6) is 11.5 Å². The summed E-state index contributed by atoms with van der Waals surface area (Å²) in [7, 11) is 0. The molecule has 0 radical (unpaired) electrons. The molecule has 11 heteroatoms. The van der Waals surface area contributed by atoms with Crippen LogP contribution >= 0.6 is 11.8 Å². The van der Waals surface area contributed by atoms with Gasteiger partial charge in [-0.15, -0.1) is 0 Å². The fourth-order valence-electron chi connectivity index (χ4n) is 2.82. The quantitative estimate of drug-likeness (QED) is 0.420. The number of carboxylic acid groups (broad SMARTS) is 1. The molecule has 2 aromatic carbocycles. The minimum atomic E-state index is -1.11. The maximum absolute atomic E-state index is 11.7. The van der Waals surface area contributed by atoms with Crippen LogP contribution in [0.15, 0.2) is 42.5 Å². The number of nitrogens with one attached hydrogen (secondary N) is 1. The minimum Gasteiger partial charge on any atom is -0.480 e. The van der Waals surface area contributed by atoms with E-state index in [4.69, 9.17) is 15.6 Å². The molecule has 3 rings (SSSR count). The van der Waals surface area contributed by atoms with E-state index < -0.39 is 33.3 Å². The van der Waals surface area contributed by atoms with Crippen LogP contribution in [0, 0.1) is 10.1 Å². The Kier molecular flexibility index (Phi) is 6.33. The summed E-state index contributed by atoms with van der Waals surface area (Å²) in [5, 5.41) is 21.4. The number of carbonyl (C=O) groups excluding carboxylic acids is 2. The van der Waals surface area contributed by atoms with Crippen molar-refractivity contribution in [3.63, 3.8) is 0 Å². The first-order valence-electron chi connectivity index (χ1n) is 8.77. The third-order valence-electron chi connectivity index (χ3n) is 4.33. The van der Waals surface area contributed by atoms with Gasteiger partial charge in [0.1, 0.15) is 11.8 Å². The van der Waals surface area contributed by atoms with Crippen LogP contribution in [0.4, 0.5) is 10.5 Å². The van der Waals surface area contributed by atoms with Gasteiger partial charge in [-0.25, -0.2) is 0 Å². The number of benzene rings is 2. The lowest BCUT2D eigenvalue weighted by Crippen LogP contribution is -2.32. The predicted octanol–water partition coefficient (Wildman–Crippen LogP) is 2.24. The molecule has 0 saturated carbocycles. The standard InChI is InChI=1S/C19H17N3O7S/c20-13(18(24)25)7-10-1-4-12(5-2-10)29-15-6-3-11(8-14(15)22(27)28)9-16-17(23)21-19(26)30-16/h1-6,8,13,16H,7,9,20H2,(H,24,25)(H,21,23,26). The molecule has 4 N–H and O–H groups in total. The van der Waals surface area contributed by atoms with Crippen molar-refractivity contribution in [2.24, 2.45) is 5.73 Å². The number of hydrogen-bond acceptors (Lipinski definition) is 8. The first kappa shape index (κ1) is 21.3. The average Bonchev–Trinajstić information content (AvgIpc) is 3.01. The fourth-order valence-corrected chi connectivity index (χ4v) is 3.68. The lowest BCUT2D eigenvalue weighted by atomic mass is 10.1. The van der Waals surface area contributed by atoms with Crippen molar-refractivity contribution in [3.05, 3.63) is 63.7 Å². The normalized spacial score (nSPS) is 16.8. The zero-order chi connectivity index (χ0) is 21.8. The summed E-state index contributed by atoms with van der Waals surface area (Å²) in [6, 6.07) is 9.70. The van der Waals surface area contributed by atoms with Gasteiger partial charge in [0.05, 0.1) is 10.2 Å². The van der Waals surface area contributed by atoms with Gasteiger partial charge in [-0.05, 0) is 42.2 Å². The number of carbonyl (C=O) groups is 3. The van der Waals surface area contributed by atoms with E-state index in [0.717, 1.165) is 11.8 Å². The molecular formula is C19H17N3O7S. The average molecular weight is 431 g/mol. The molecule has 1 fully saturated rings. The largest absolute Gasteiger partial charge is 0.480 e. The third-order valence-corrected chi connectivity index (χ3v) is 5.31. The Labute approximate surface area is 174 Å². The van der Waals surface area contributed by atoms with Crippen molar-refractivity contribution in [1.82, 2.24) is 5.32 Å². The summed E-state index contributed by atoms with van der Waals surface area (Å²) in [6.45, 7) is 0. The van der Waals surface area contributed by atoms with E-state index in [-0.39, 0.29) is 24.3 Å². The molecule has 30 heavy (non-hydrogen) atoms. The first-order valence-corrected chi connectivity index (χ1v) is 9.65. The van der Waals surface area contributed by atoms with E-state index in [1.807, 2.05) is 0 Å².